The molecule has 1 fully saturated rings. The molecular weight excluding hydrogens is 505 g/mol. The molecule has 11 nitrogen and oxygen atoms in total. The zero-order valence-electron chi connectivity index (χ0n) is 18.1. The molecule has 2 unspecified atom stereocenters. The topological polar surface area (TPSA) is 168 Å². The molecule has 5 N–H and O–H groups in total. The van der Waals surface area contributed by atoms with Crippen LogP contribution in [0.25, 0.3) is 21.0 Å². The van der Waals surface area contributed by atoms with E-state index in [1.165, 1.54) is 18.2 Å². The lowest BCUT2D eigenvalue weighted by Gasteiger charge is -2.33. The number of aromatic amines is 1. The highest BCUT2D eigenvalue weighted by molar-refractivity contribution is 7.14. The lowest BCUT2D eigenvalue weighted by molar-refractivity contribution is -0.207. The third kappa shape index (κ3) is 4.05. The summed E-state index contributed by atoms with van der Waals surface area (Å²) >= 11 is 1.02. The largest absolute Gasteiger partial charge is 0.420 e. The van der Waals surface area contributed by atoms with Crippen molar-refractivity contribution >= 4 is 50.1 Å². The maximum Gasteiger partial charge on any atom is 0.420 e. The second-order valence-electron chi connectivity index (χ2n) is 7.95. The highest BCUT2D eigenvalue weighted by atomic mass is 32.1. The Kier molecular flexibility index (Phi) is 5.86. The third-order valence-electron chi connectivity index (χ3n) is 5.67. The SMILES string of the molecule is Nc1nsc2c1ccc1nc(C(O)[C@H]3OCCN(c4cccc(C(O)C(F)(F)F)n4)C3=O)[nH]c(=O)c12. The average molecular weight is 522 g/mol. The predicted octanol–water partition coefficient (Wildman–Crippen LogP) is 1.57. The van der Waals surface area contributed by atoms with Crippen molar-refractivity contribution in [3.63, 3.8) is 0 Å². The number of nitrogens with two attached hydrogens (primary N) is 1. The van der Waals surface area contributed by atoms with Crippen LogP contribution >= 0.6 is 11.5 Å². The van der Waals surface area contributed by atoms with E-state index in [2.05, 4.69) is 19.3 Å². The summed E-state index contributed by atoms with van der Waals surface area (Å²) in [4.78, 5) is 37.5. The monoisotopic (exact) mass is 522 g/mol. The Morgan fingerprint density at radius 3 is 2.72 bits per heavy atom. The van der Waals surface area contributed by atoms with Crippen LogP contribution in [0.5, 0.6) is 0 Å². The quantitative estimate of drug-likeness (QED) is 0.311. The minimum atomic E-state index is -4.94. The molecule has 0 radical (unpaired) electrons. The Bertz CT molecular complexity index is 1540. The van der Waals surface area contributed by atoms with Crippen molar-refractivity contribution in [3.05, 3.63) is 52.2 Å². The Hall–Kier alpha value is -3.66. The highest BCUT2D eigenvalue weighted by Gasteiger charge is 2.42. The van der Waals surface area contributed by atoms with Gasteiger partial charge in [0.05, 0.1) is 34.4 Å². The summed E-state index contributed by atoms with van der Waals surface area (Å²) in [6, 6.07) is 6.66. The molecule has 1 aromatic carbocycles. The van der Waals surface area contributed by atoms with E-state index >= 15 is 0 Å². The van der Waals surface area contributed by atoms with E-state index in [1.54, 1.807) is 6.07 Å². The number of fused-ring (bicyclic) bond motifs is 3. The minimum absolute atomic E-state index is 0.0624. The van der Waals surface area contributed by atoms with E-state index in [0.717, 1.165) is 22.5 Å². The number of carbonyl (C=O) groups excluding carboxylic acids is 1. The van der Waals surface area contributed by atoms with E-state index < -0.39 is 41.6 Å². The van der Waals surface area contributed by atoms with E-state index in [0.29, 0.717) is 10.1 Å². The minimum Gasteiger partial charge on any atom is -0.382 e. The standard InChI is InChI=1S/C21H17F3N6O5S/c22-21(23,24)16(32)10-2-1-3-11(26-10)30-6-7-35-14(20(30)34)13(31)18-27-9-5-4-8-15(36-29-17(8)25)12(9)19(33)28-18/h1-5,13-14,16,31-32H,6-7H2,(H2,25,29)(H,27,28,33)/t13?,14-,16?/m1/s1. The van der Waals surface area contributed by atoms with Gasteiger partial charge in [0.25, 0.3) is 11.5 Å². The fourth-order valence-electron chi connectivity index (χ4n) is 3.91. The van der Waals surface area contributed by atoms with Crippen molar-refractivity contribution in [3.8, 4) is 0 Å². The number of morpholine rings is 1. The van der Waals surface area contributed by atoms with Gasteiger partial charge in [0.1, 0.15) is 23.6 Å². The summed E-state index contributed by atoms with van der Waals surface area (Å²) in [6.45, 7) is -0.146. The van der Waals surface area contributed by atoms with Gasteiger partial charge in [-0.1, -0.05) is 6.07 Å². The van der Waals surface area contributed by atoms with Gasteiger partial charge in [-0.15, -0.1) is 0 Å². The van der Waals surface area contributed by atoms with Gasteiger partial charge >= 0.3 is 6.18 Å². The summed E-state index contributed by atoms with van der Waals surface area (Å²) in [6.07, 6.45) is -11.0. The number of benzene rings is 1. The number of nitrogens with one attached hydrogen (secondary N) is 1. The van der Waals surface area contributed by atoms with E-state index in [1.807, 2.05) is 0 Å². The van der Waals surface area contributed by atoms with Gasteiger partial charge in [-0.3, -0.25) is 14.5 Å². The molecular formula is C21H17F3N6O5S. The van der Waals surface area contributed by atoms with Gasteiger partial charge in [0, 0.05) is 5.39 Å². The molecule has 4 aromatic rings. The number of aliphatic hydroxyl groups is 2. The predicted molar refractivity (Wildman–Crippen MR) is 122 cm³/mol. The maximum absolute atomic E-state index is 13.1. The number of nitrogen functional groups attached to an aromatic ring is 1. The highest BCUT2D eigenvalue weighted by Crippen LogP contribution is 2.33. The van der Waals surface area contributed by atoms with E-state index in [-0.39, 0.29) is 41.5 Å². The number of H-pyrrole nitrogens is 1. The van der Waals surface area contributed by atoms with Crippen LogP contribution in [0.2, 0.25) is 0 Å². The van der Waals surface area contributed by atoms with Gasteiger partial charge < -0.3 is 25.7 Å². The van der Waals surface area contributed by atoms with Crippen LogP contribution in [-0.2, 0) is 9.53 Å². The van der Waals surface area contributed by atoms with Gasteiger partial charge in [-0.25, -0.2) is 9.97 Å². The molecule has 0 bridgehead atoms. The normalized spacial score (nSPS) is 18.6. The summed E-state index contributed by atoms with van der Waals surface area (Å²) in [5, 5.41) is 21.2. The summed E-state index contributed by atoms with van der Waals surface area (Å²) in [5.41, 5.74) is 4.77. The molecule has 0 spiro atoms. The van der Waals surface area contributed by atoms with Crippen molar-refractivity contribution in [2.24, 2.45) is 0 Å². The van der Waals surface area contributed by atoms with Crippen LogP contribution in [0.15, 0.2) is 35.1 Å². The number of rotatable bonds is 4. The zero-order valence-corrected chi connectivity index (χ0v) is 18.9. The smallest absolute Gasteiger partial charge is 0.382 e. The van der Waals surface area contributed by atoms with Crippen molar-refractivity contribution in [2.45, 2.75) is 24.5 Å². The first-order valence-corrected chi connectivity index (χ1v) is 11.2. The summed E-state index contributed by atoms with van der Waals surface area (Å²) < 4.78 is 48.7. The van der Waals surface area contributed by atoms with Gasteiger partial charge in [-0.2, -0.15) is 17.5 Å². The molecule has 1 aliphatic heterocycles. The number of amides is 1. The second kappa shape index (κ2) is 8.77. The molecule has 4 heterocycles. The first-order chi connectivity index (χ1) is 17.1. The number of pyridine rings is 1. The first kappa shape index (κ1) is 24.1. The molecule has 0 aliphatic carbocycles. The summed E-state index contributed by atoms with van der Waals surface area (Å²) in [5.74, 6) is -0.944. The third-order valence-corrected chi connectivity index (χ3v) is 6.56. The number of alkyl halides is 3. The molecule has 1 amide bonds. The Morgan fingerprint density at radius 1 is 1.19 bits per heavy atom. The number of hydrogen-bond donors (Lipinski definition) is 4. The first-order valence-electron chi connectivity index (χ1n) is 10.5. The van der Waals surface area contributed by atoms with Crippen molar-refractivity contribution in [1.29, 1.82) is 0 Å². The number of hydrogen-bond acceptors (Lipinski definition) is 10. The van der Waals surface area contributed by atoms with Gasteiger partial charge in [-0.05, 0) is 35.8 Å². The molecule has 5 rings (SSSR count). The molecule has 36 heavy (non-hydrogen) atoms. The Balaban J connectivity index is 1.46. The molecule has 1 saturated heterocycles. The molecule has 0 saturated carbocycles. The lowest BCUT2D eigenvalue weighted by atomic mass is 10.1. The number of aromatic nitrogens is 4. The number of ether oxygens (including phenoxy) is 1. The van der Waals surface area contributed by atoms with E-state index in [9.17, 15) is 33.0 Å². The number of carbonyl (C=O) groups is 1. The van der Waals surface area contributed by atoms with E-state index in [4.69, 9.17) is 10.5 Å². The molecule has 3 atom stereocenters. The fraction of sp³-hybridized carbons (Fsp3) is 0.286. The number of anilines is 2. The summed E-state index contributed by atoms with van der Waals surface area (Å²) in [7, 11) is 0. The number of aliphatic hydroxyl groups excluding tert-OH is 2. The molecule has 3 aromatic heterocycles. The zero-order chi connectivity index (χ0) is 25.8. The molecule has 188 valence electrons. The van der Waals surface area contributed by atoms with Gasteiger partial charge in [0.2, 0.25) is 0 Å². The Morgan fingerprint density at radius 2 is 1.97 bits per heavy atom. The van der Waals surface area contributed by atoms with Crippen LogP contribution in [-0.4, -0.2) is 60.9 Å². The Labute approximate surface area is 203 Å². The maximum atomic E-state index is 13.1. The van der Waals surface area contributed by atoms with Crippen molar-refractivity contribution in [2.75, 3.05) is 23.8 Å². The lowest BCUT2D eigenvalue weighted by Crippen LogP contribution is -2.51. The van der Waals surface area contributed by atoms with Crippen LogP contribution in [0.1, 0.15) is 23.7 Å². The fourth-order valence-corrected chi connectivity index (χ4v) is 4.76. The van der Waals surface area contributed by atoms with Crippen LogP contribution in [0.3, 0.4) is 0 Å². The second-order valence-corrected chi connectivity index (χ2v) is 8.72. The average Bonchev–Trinajstić information content (AvgIpc) is 3.23. The van der Waals surface area contributed by atoms with Crippen molar-refractivity contribution in [1.82, 2.24) is 19.3 Å². The number of halogens is 3. The molecule has 1 aliphatic rings. The van der Waals surface area contributed by atoms with Crippen LogP contribution < -0.4 is 16.2 Å². The van der Waals surface area contributed by atoms with Crippen LogP contribution in [0.4, 0.5) is 24.8 Å². The van der Waals surface area contributed by atoms with Crippen molar-refractivity contribution < 1.29 is 32.9 Å². The van der Waals surface area contributed by atoms with Crippen LogP contribution in [0, 0.1) is 0 Å². The number of nitrogens with zero attached hydrogens (tertiary/aromatic N) is 4. The molecule has 15 heteroatoms. The van der Waals surface area contributed by atoms with Gasteiger partial charge in [0.15, 0.2) is 12.2 Å².